The summed E-state index contributed by atoms with van der Waals surface area (Å²) in [5, 5.41) is -1.53. The third kappa shape index (κ3) is 1.40. The maximum atomic E-state index is 11.8. The number of halogens is 2. The molecule has 2 nitrogen and oxygen atoms in total. The minimum absolute atomic E-state index is 0.378. The number of sulfone groups is 1. The summed E-state index contributed by atoms with van der Waals surface area (Å²) in [6.45, 7) is 0. The molecule has 2 rings (SSSR count). The fourth-order valence-electron chi connectivity index (χ4n) is 2.34. The molecule has 0 aromatic carbocycles. The van der Waals surface area contributed by atoms with Gasteiger partial charge in [0, 0.05) is 0 Å². The molecule has 0 aliphatic carbocycles. The Balaban J connectivity index is 2.42. The summed E-state index contributed by atoms with van der Waals surface area (Å²) in [7, 11) is -3.03. The fourth-order valence-corrected chi connectivity index (χ4v) is 6.47. The van der Waals surface area contributed by atoms with E-state index in [4.69, 9.17) is 23.2 Å². The summed E-state index contributed by atoms with van der Waals surface area (Å²) in [4.78, 5) is 0. The molecule has 0 amide bonds. The number of hydrogen-bond acceptors (Lipinski definition) is 2. The lowest BCUT2D eigenvalue weighted by Crippen LogP contribution is -2.24. The quantitative estimate of drug-likeness (QED) is 0.609. The van der Waals surface area contributed by atoms with Gasteiger partial charge in [-0.3, -0.25) is 0 Å². The maximum Gasteiger partial charge on any atom is 0.159 e. The normalized spacial score (nSPS) is 48.8. The van der Waals surface area contributed by atoms with Crippen LogP contribution in [0.3, 0.4) is 0 Å². The van der Waals surface area contributed by atoms with E-state index in [1.54, 1.807) is 0 Å². The van der Waals surface area contributed by atoms with E-state index < -0.39 is 9.84 Å². The van der Waals surface area contributed by atoms with Crippen LogP contribution in [-0.2, 0) is 9.84 Å². The molecule has 0 N–H and O–H groups in total. The highest BCUT2D eigenvalue weighted by Crippen LogP contribution is 2.42. The molecule has 2 aliphatic heterocycles. The van der Waals surface area contributed by atoms with Crippen LogP contribution in [0.1, 0.15) is 25.7 Å². The molecular weight excluding hydrogens is 231 g/mol. The summed E-state index contributed by atoms with van der Waals surface area (Å²) in [6, 6.07) is 0. The molecule has 0 aromatic rings. The lowest BCUT2D eigenvalue weighted by atomic mass is 10.0. The third-order valence-corrected chi connectivity index (χ3v) is 7.41. The Morgan fingerprint density at radius 3 is 1.69 bits per heavy atom. The molecule has 2 fully saturated rings. The highest BCUT2D eigenvalue weighted by Gasteiger charge is 2.53. The second-order valence-corrected chi connectivity index (χ2v) is 7.24. The Hall–Kier alpha value is 0.530. The van der Waals surface area contributed by atoms with Crippen LogP contribution in [-0.4, -0.2) is 29.7 Å². The number of fused-ring (bicyclic) bond motifs is 2. The zero-order chi connectivity index (χ0) is 9.64. The molecule has 13 heavy (non-hydrogen) atoms. The molecule has 0 radical (unpaired) electrons. The topological polar surface area (TPSA) is 34.1 Å². The van der Waals surface area contributed by atoms with Gasteiger partial charge in [0.1, 0.15) is 0 Å². The van der Waals surface area contributed by atoms with Gasteiger partial charge in [0.05, 0.1) is 21.3 Å². The molecule has 0 saturated carbocycles. The van der Waals surface area contributed by atoms with Crippen LogP contribution in [0.5, 0.6) is 0 Å². The van der Waals surface area contributed by atoms with Crippen molar-refractivity contribution in [2.45, 2.75) is 46.9 Å². The summed E-state index contributed by atoms with van der Waals surface area (Å²) in [6.07, 6.45) is 3.31. The number of hydrogen-bond donors (Lipinski definition) is 0. The molecule has 0 spiro atoms. The fraction of sp³-hybridized carbons (Fsp3) is 1.00. The standard InChI is InChI=1S/C8H12Cl2O2S/c9-7-5-3-1-2-4-6(8(7)10)13(5,11)12/h5-8H,1-4H2/t5-,6-,7+,8+/m0/s1. The molecule has 2 aliphatic rings. The Kier molecular flexibility index (Phi) is 2.54. The zero-order valence-corrected chi connectivity index (χ0v) is 9.45. The van der Waals surface area contributed by atoms with Crippen molar-refractivity contribution in [3.63, 3.8) is 0 Å². The van der Waals surface area contributed by atoms with Crippen molar-refractivity contribution in [1.82, 2.24) is 0 Å². The molecular formula is C8H12Cl2O2S. The molecule has 0 aromatic heterocycles. The van der Waals surface area contributed by atoms with E-state index in [0.717, 1.165) is 12.8 Å². The van der Waals surface area contributed by atoms with Gasteiger partial charge in [0.2, 0.25) is 0 Å². The van der Waals surface area contributed by atoms with Crippen LogP contribution in [0, 0.1) is 0 Å². The van der Waals surface area contributed by atoms with Crippen molar-refractivity contribution in [2.24, 2.45) is 0 Å². The molecule has 2 bridgehead atoms. The average molecular weight is 243 g/mol. The predicted molar refractivity (Wildman–Crippen MR) is 54.2 cm³/mol. The highest BCUT2D eigenvalue weighted by atomic mass is 35.5. The maximum absolute atomic E-state index is 11.8. The van der Waals surface area contributed by atoms with E-state index in [1.807, 2.05) is 0 Å². The van der Waals surface area contributed by atoms with Crippen molar-refractivity contribution in [3.05, 3.63) is 0 Å². The van der Waals surface area contributed by atoms with Crippen LogP contribution in [0.2, 0.25) is 0 Å². The van der Waals surface area contributed by atoms with E-state index >= 15 is 0 Å². The minimum atomic E-state index is -3.03. The molecule has 2 saturated heterocycles. The summed E-state index contributed by atoms with van der Waals surface area (Å²) < 4.78 is 23.7. The second kappa shape index (κ2) is 3.28. The first-order chi connectivity index (χ1) is 6.05. The van der Waals surface area contributed by atoms with E-state index in [9.17, 15) is 8.42 Å². The van der Waals surface area contributed by atoms with Crippen LogP contribution < -0.4 is 0 Å². The van der Waals surface area contributed by atoms with Crippen LogP contribution in [0.25, 0.3) is 0 Å². The van der Waals surface area contributed by atoms with Crippen LogP contribution in [0.15, 0.2) is 0 Å². The van der Waals surface area contributed by atoms with Crippen molar-refractivity contribution in [2.75, 3.05) is 0 Å². The first-order valence-electron chi connectivity index (χ1n) is 4.56. The highest BCUT2D eigenvalue weighted by molar-refractivity contribution is 7.93. The molecule has 0 unspecified atom stereocenters. The summed E-state index contributed by atoms with van der Waals surface area (Å²) in [5.41, 5.74) is 0. The molecule has 4 atom stereocenters. The molecule has 2 heterocycles. The first kappa shape index (κ1) is 10.1. The summed E-state index contributed by atoms with van der Waals surface area (Å²) in [5.74, 6) is 0. The van der Waals surface area contributed by atoms with Crippen molar-refractivity contribution in [1.29, 1.82) is 0 Å². The smallest absolute Gasteiger partial charge is 0.159 e. The van der Waals surface area contributed by atoms with Crippen molar-refractivity contribution >= 4 is 33.0 Å². The van der Waals surface area contributed by atoms with Gasteiger partial charge in [-0.25, -0.2) is 8.42 Å². The van der Waals surface area contributed by atoms with Crippen LogP contribution >= 0.6 is 23.2 Å². The molecule has 5 heteroatoms. The number of rotatable bonds is 0. The van der Waals surface area contributed by atoms with Gasteiger partial charge in [0.25, 0.3) is 0 Å². The second-order valence-electron chi connectivity index (χ2n) is 3.84. The van der Waals surface area contributed by atoms with Gasteiger partial charge in [-0.05, 0) is 12.8 Å². The van der Waals surface area contributed by atoms with Gasteiger partial charge in [-0.2, -0.15) is 0 Å². The van der Waals surface area contributed by atoms with E-state index in [1.165, 1.54) is 0 Å². The van der Waals surface area contributed by atoms with Gasteiger partial charge in [-0.1, -0.05) is 12.8 Å². The van der Waals surface area contributed by atoms with Crippen LogP contribution in [0.4, 0.5) is 0 Å². The Morgan fingerprint density at radius 2 is 1.31 bits per heavy atom. The zero-order valence-electron chi connectivity index (χ0n) is 7.12. The summed E-state index contributed by atoms with van der Waals surface area (Å²) >= 11 is 12.0. The van der Waals surface area contributed by atoms with Gasteiger partial charge < -0.3 is 0 Å². The Morgan fingerprint density at radius 1 is 0.923 bits per heavy atom. The monoisotopic (exact) mass is 242 g/mol. The van der Waals surface area contributed by atoms with Crippen molar-refractivity contribution in [3.8, 4) is 0 Å². The average Bonchev–Trinajstić information content (AvgIpc) is 2.23. The predicted octanol–water partition coefficient (Wildman–Crippen LogP) is 1.94. The third-order valence-electron chi connectivity index (χ3n) is 3.09. The van der Waals surface area contributed by atoms with Gasteiger partial charge in [-0.15, -0.1) is 23.2 Å². The van der Waals surface area contributed by atoms with Crippen molar-refractivity contribution < 1.29 is 8.42 Å². The lowest BCUT2D eigenvalue weighted by molar-refractivity contribution is 0.565. The Labute approximate surface area is 88.5 Å². The van der Waals surface area contributed by atoms with E-state index in [2.05, 4.69) is 0 Å². The van der Waals surface area contributed by atoms with Gasteiger partial charge in [0.15, 0.2) is 9.84 Å². The number of alkyl halides is 2. The van der Waals surface area contributed by atoms with E-state index in [-0.39, 0.29) is 21.3 Å². The van der Waals surface area contributed by atoms with E-state index in [0.29, 0.717) is 12.8 Å². The SMILES string of the molecule is O=S1(=O)[C@H]2CCCC[C@H]1[C@@H](Cl)[C@@H]2Cl. The molecule has 76 valence electrons. The lowest BCUT2D eigenvalue weighted by Gasteiger charge is -2.14. The Bertz CT molecular complexity index is 277. The first-order valence-corrected chi connectivity index (χ1v) is 7.04. The largest absolute Gasteiger partial charge is 0.228 e. The van der Waals surface area contributed by atoms with Gasteiger partial charge >= 0.3 is 0 Å². The minimum Gasteiger partial charge on any atom is -0.228 e.